The number of fused-ring (bicyclic) bond motifs is 2. The largest absolute Gasteiger partial charge is 0.449 e. The Balaban J connectivity index is 1.06. The smallest absolute Gasteiger partial charge is 0.339 e. The fourth-order valence-electron chi connectivity index (χ4n) is 6.49. The lowest BCUT2D eigenvalue weighted by atomic mass is 9.91. The zero-order chi connectivity index (χ0) is 25.4. The number of carbonyl (C=O) groups is 3. The molecule has 192 valence electrons. The zero-order valence-corrected chi connectivity index (χ0v) is 20.7. The minimum Gasteiger partial charge on any atom is -0.449 e. The van der Waals surface area contributed by atoms with Gasteiger partial charge in [-0.2, -0.15) is 0 Å². The molecule has 8 heteroatoms. The first kappa shape index (κ1) is 22.8. The van der Waals surface area contributed by atoms with Gasteiger partial charge in [0.1, 0.15) is 5.82 Å². The summed E-state index contributed by atoms with van der Waals surface area (Å²) in [7, 11) is 0. The van der Waals surface area contributed by atoms with Crippen molar-refractivity contribution in [1.82, 2.24) is 9.80 Å². The molecule has 2 aliphatic carbocycles. The normalized spacial score (nSPS) is 25.9. The van der Waals surface area contributed by atoms with Crippen molar-refractivity contribution in [3.63, 3.8) is 0 Å². The van der Waals surface area contributed by atoms with Crippen molar-refractivity contribution in [2.45, 2.75) is 43.1 Å². The predicted molar refractivity (Wildman–Crippen MR) is 134 cm³/mol. The van der Waals surface area contributed by atoms with Gasteiger partial charge in [-0.15, -0.1) is 0 Å². The molecule has 2 amide bonds. The first-order chi connectivity index (χ1) is 17.9. The van der Waals surface area contributed by atoms with Crippen LogP contribution >= 0.6 is 0 Å². The van der Waals surface area contributed by atoms with Gasteiger partial charge in [0.25, 0.3) is 0 Å². The van der Waals surface area contributed by atoms with Crippen molar-refractivity contribution in [3.05, 3.63) is 65.0 Å². The Bertz CT molecular complexity index is 1310. The number of halogens is 1. The lowest BCUT2D eigenvalue weighted by Crippen LogP contribution is -2.49. The van der Waals surface area contributed by atoms with Gasteiger partial charge in [0.15, 0.2) is 5.60 Å². The van der Waals surface area contributed by atoms with E-state index in [2.05, 4.69) is 4.90 Å². The summed E-state index contributed by atoms with van der Waals surface area (Å²) in [5.74, 6) is -0.299. The number of nitrogens with zero attached hydrogens (tertiary/aromatic N) is 3. The minimum absolute atomic E-state index is 0.0799. The topological polar surface area (TPSA) is 70.2 Å². The van der Waals surface area contributed by atoms with Gasteiger partial charge in [-0.1, -0.05) is 24.3 Å². The first-order valence-electron chi connectivity index (χ1n) is 13.4. The number of anilines is 1. The molecule has 2 saturated heterocycles. The standard InChI is InChI=1S/C29H30FN3O4/c30-24-17-20(31-13-15-32(16-14-31)25(34)19-5-6-19)7-8-23(24)28(9-10-28)27(36)33-12-11-29(18-33)22-4-2-1-3-21(22)26(35)37-29/h1-4,7-8,17,19H,5-6,9-16,18H2/t29-/m0/s1. The monoisotopic (exact) mass is 503 g/mol. The maximum atomic E-state index is 15.5. The molecule has 3 heterocycles. The highest BCUT2D eigenvalue weighted by atomic mass is 19.1. The van der Waals surface area contributed by atoms with Crippen LogP contribution in [-0.4, -0.2) is 66.9 Å². The number of hydrogen-bond donors (Lipinski definition) is 0. The van der Waals surface area contributed by atoms with Crippen molar-refractivity contribution in [3.8, 4) is 0 Å². The van der Waals surface area contributed by atoms with Gasteiger partial charge in [-0.25, -0.2) is 9.18 Å². The van der Waals surface area contributed by atoms with Crippen molar-refractivity contribution in [2.24, 2.45) is 5.92 Å². The summed E-state index contributed by atoms with van der Waals surface area (Å²) in [5.41, 5.74) is 1.01. The molecule has 2 aromatic carbocycles. The molecule has 0 N–H and O–H groups in total. The van der Waals surface area contributed by atoms with E-state index >= 15 is 4.39 Å². The van der Waals surface area contributed by atoms with Crippen LogP contribution in [0.1, 0.15) is 53.6 Å². The molecule has 2 saturated carbocycles. The van der Waals surface area contributed by atoms with E-state index in [1.54, 1.807) is 23.1 Å². The Morgan fingerprint density at radius 1 is 0.892 bits per heavy atom. The van der Waals surface area contributed by atoms with Crippen LogP contribution in [0.15, 0.2) is 42.5 Å². The Morgan fingerprint density at radius 2 is 1.65 bits per heavy atom. The molecular weight excluding hydrogens is 473 g/mol. The van der Waals surface area contributed by atoms with Crippen LogP contribution < -0.4 is 4.90 Å². The molecule has 0 aromatic heterocycles. The number of carbonyl (C=O) groups excluding carboxylic acids is 3. The highest BCUT2D eigenvalue weighted by Gasteiger charge is 2.58. The molecule has 7 rings (SSSR count). The SMILES string of the molecule is O=C1O[C@]2(CCN(C(=O)C3(c4ccc(N5CCN(C(=O)C6CC6)CC5)cc4F)CC3)C2)c2ccccc21. The van der Waals surface area contributed by atoms with Crippen molar-refractivity contribution in [2.75, 3.05) is 44.2 Å². The van der Waals surface area contributed by atoms with Crippen LogP contribution in [0.4, 0.5) is 10.1 Å². The van der Waals surface area contributed by atoms with Crippen LogP contribution in [0.25, 0.3) is 0 Å². The lowest BCUT2D eigenvalue weighted by Gasteiger charge is -2.36. The Kier molecular flexibility index (Phi) is 4.94. The molecule has 1 spiro atoms. The van der Waals surface area contributed by atoms with Crippen LogP contribution in [-0.2, 0) is 25.3 Å². The van der Waals surface area contributed by atoms with Crippen LogP contribution in [0.2, 0.25) is 0 Å². The van der Waals surface area contributed by atoms with Crippen LogP contribution in [0, 0.1) is 11.7 Å². The summed E-state index contributed by atoms with van der Waals surface area (Å²) in [5, 5.41) is 0. The number of ether oxygens (including phenoxy) is 1. The fraction of sp³-hybridized carbons (Fsp3) is 0.483. The molecule has 1 atom stereocenters. The molecular formula is C29H30FN3O4. The molecule has 0 bridgehead atoms. The maximum Gasteiger partial charge on any atom is 0.339 e. The molecule has 7 nitrogen and oxygen atoms in total. The number of benzene rings is 2. The number of esters is 1. The Hall–Kier alpha value is -3.42. The second kappa shape index (κ2) is 8.04. The van der Waals surface area contributed by atoms with E-state index in [1.165, 1.54) is 0 Å². The van der Waals surface area contributed by atoms with E-state index in [0.29, 0.717) is 69.7 Å². The van der Waals surface area contributed by atoms with Crippen LogP contribution in [0.5, 0.6) is 0 Å². The highest BCUT2D eigenvalue weighted by Crippen LogP contribution is 2.53. The van der Waals surface area contributed by atoms with Crippen LogP contribution in [0.3, 0.4) is 0 Å². The van der Waals surface area contributed by atoms with Crippen molar-refractivity contribution >= 4 is 23.5 Å². The Labute approximate surface area is 215 Å². The molecule has 4 fully saturated rings. The van der Waals surface area contributed by atoms with E-state index < -0.39 is 11.0 Å². The predicted octanol–water partition coefficient (Wildman–Crippen LogP) is 3.21. The molecule has 37 heavy (non-hydrogen) atoms. The van der Waals surface area contributed by atoms with E-state index in [4.69, 9.17) is 4.74 Å². The summed E-state index contributed by atoms with van der Waals surface area (Å²) in [4.78, 5) is 44.3. The van der Waals surface area contributed by atoms with Gasteiger partial charge in [-0.05, 0) is 43.9 Å². The van der Waals surface area contributed by atoms with Gasteiger partial charge >= 0.3 is 5.97 Å². The van der Waals surface area contributed by atoms with Gasteiger partial charge in [0, 0.05) is 61.9 Å². The third kappa shape index (κ3) is 3.55. The maximum absolute atomic E-state index is 15.5. The third-order valence-corrected chi connectivity index (χ3v) is 8.96. The summed E-state index contributed by atoms with van der Waals surface area (Å²) in [6.45, 7) is 3.46. The Morgan fingerprint density at radius 3 is 2.35 bits per heavy atom. The lowest BCUT2D eigenvalue weighted by molar-refractivity contribution is -0.134. The molecule has 3 aliphatic heterocycles. The number of hydrogen-bond acceptors (Lipinski definition) is 5. The summed E-state index contributed by atoms with van der Waals surface area (Å²) in [6, 6.07) is 12.6. The second-order valence-electron chi connectivity index (χ2n) is 11.2. The van der Waals surface area contributed by atoms with Gasteiger partial charge in [0.05, 0.1) is 17.5 Å². The minimum atomic E-state index is -0.842. The fourth-order valence-corrected chi connectivity index (χ4v) is 6.49. The summed E-state index contributed by atoms with van der Waals surface area (Å²) in [6.07, 6.45) is 3.79. The molecule has 0 radical (unpaired) electrons. The number of rotatable bonds is 4. The van der Waals surface area contributed by atoms with Crippen molar-refractivity contribution in [1.29, 1.82) is 0 Å². The quantitative estimate of drug-likeness (QED) is 0.600. The summed E-state index contributed by atoms with van der Waals surface area (Å²) >= 11 is 0. The van der Waals surface area contributed by atoms with E-state index in [0.717, 1.165) is 24.1 Å². The third-order valence-electron chi connectivity index (χ3n) is 8.96. The zero-order valence-electron chi connectivity index (χ0n) is 20.7. The number of amides is 2. The molecule has 5 aliphatic rings. The van der Waals surface area contributed by atoms with E-state index in [1.807, 2.05) is 29.2 Å². The molecule has 0 unspecified atom stereocenters. The highest BCUT2D eigenvalue weighted by molar-refractivity contribution is 5.96. The first-order valence-corrected chi connectivity index (χ1v) is 13.4. The average molecular weight is 504 g/mol. The number of piperazine rings is 1. The van der Waals surface area contributed by atoms with E-state index in [9.17, 15) is 14.4 Å². The summed E-state index contributed by atoms with van der Waals surface area (Å²) < 4.78 is 21.3. The average Bonchev–Trinajstić information content (AvgIpc) is 3.85. The molecule has 2 aromatic rings. The second-order valence-corrected chi connectivity index (χ2v) is 11.2. The van der Waals surface area contributed by atoms with Crippen molar-refractivity contribution < 1.29 is 23.5 Å². The van der Waals surface area contributed by atoms with E-state index in [-0.39, 0.29) is 29.5 Å². The number of likely N-dealkylation sites (tertiary alicyclic amines) is 1. The van der Waals surface area contributed by atoms with Gasteiger partial charge in [-0.3, -0.25) is 9.59 Å². The van der Waals surface area contributed by atoms with Gasteiger partial charge < -0.3 is 19.4 Å². The van der Waals surface area contributed by atoms with Gasteiger partial charge in [0.2, 0.25) is 11.8 Å².